The molecule has 0 bridgehead atoms. The molecule has 2 rings (SSSR count). The third-order valence-corrected chi connectivity index (χ3v) is 4.43. The van der Waals surface area contributed by atoms with Crippen LogP contribution in [0.15, 0.2) is 18.3 Å². The van der Waals surface area contributed by atoms with Crippen molar-refractivity contribution in [2.75, 3.05) is 23.7 Å². The third-order valence-electron chi connectivity index (χ3n) is 3.24. The maximum atomic E-state index is 9.17. The monoisotopic (exact) mass is 261 g/mol. The van der Waals surface area contributed by atoms with Crippen LogP contribution in [-0.2, 0) is 0 Å². The number of thioether (sulfide) groups is 1. The second-order valence-corrected chi connectivity index (χ2v) is 6.08. The smallest absolute Gasteiger partial charge is 0.146 e. The molecule has 18 heavy (non-hydrogen) atoms. The number of pyridine rings is 1. The van der Waals surface area contributed by atoms with Gasteiger partial charge in [0.1, 0.15) is 11.9 Å². The molecule has 1 aliphatic rings. The van der Waals surface area contributed by atoms with E-state index in [9.17, 15) is 0 Å². The summed E-state index contributed by atoms with van der Waals surface area (Å²) in [6, 6.07) is 5.94. The number of anilines is 1. The lowest BCUT2D eigenvalue weighted by Crippen LogP contribution is -2.31. The number of aromatic nitrogens is 1. The Labute approximate surface area is 113 Å². The lowest BCUT2D eigenvalue weighted by Gasteiger charge is -2.25. The molecule has 2 heterocycles. The molecule has 0 aromatic carbocycles. The first-order chi connectivity index (χ1) is 8.85. The predicted octanol–water partition coefficient (Wildman–Crippen LogP) is 3.07. The second kappa shape index (κ2) is 6.65. The van der Waals surface area contributed by atoms with Gasteiger partial charge in [-0.25, -0.2) is 4.98 Å². The summed E-state index contributed by atoms with van der Waals surface area (Å²) >= 11 is 2.03. The molecule has 0 saturated carbocycles. The Balaban J connectivity index is 2.17. The molecule has 4 heteroatoms. The van der Waals surface area contributed by atoms with Gasteiger partial charge in [-0.1, -0.05) is 13.3 Å². The van der Waals surface area contributed by atoms with Crippen molar-refractivity contribution in [2.45, 2.75) is 31.4 Å². The van der Waals surface area contributed by atoms with Gasteiger partial charge in [-0.15, -0.1) is 0 Å². The number of nitrogens with zero attached hydrogens (tertiary/aromatic N) is 3. The lowest BCUT2D eigenvalue weighted by molar-refractivity contribution is 0.735. The quantitative estimate of drug-likeness (QED) is 0.838. The van der Waals surface area contributed by atoms with Crippen molar-refractivity contribution in [1.29, 1.82) is 5.26 Å². The maximum Gasteiger partial charge on any atom is 0.146 e. The zero-order valence-corrected chi connectivity index (χ0v) is 11.6. The van der Waals surface area contributed by atoms with Gasteiger partial charge in [0.25, 0.3) is 0 Å². The van der Waals surface area contributed by atoms with Crippen LogP contribution in [0.3, 0.4) is 0 Å². The standard InChI is InChI=1S/C14H19N3S/c1-2-18-13-7-3-4-9-17(11-13)14-12(10-15)6-5-8-16-14/h5-6,8,13H,2-4,7,9,11H2,1H3. The molecule has 1 unspecified atom stereocenters. The van der Waals surface area contributed by atoms with Crippen molar-refractivity contribution in [3.8, 4) is 6.07 Å². The molecule has 96 valence electrons. The SMILES string of the molecule is CCSC1CCCCN(c2ncccc2C#N)C1. The van der Waals surface area contributed by atoms with E-state index in [4.69, 9.17) is 5.26 Å². The molecule has 0 spiro atoms. The zero-order valence-electron chi connectivity index (χ0n) is 10.8. The van der Waals surface area contributed by atoms with Crippen LogP contribution in [0.4, 0.5) is 5.82 Å². The second-order valence-electron chi connectivity index (χ2n) is 4.51. The summed E-state index contributed by atoms with van der Waals surface area (Å²) < 4.78 is 0. The topological polar surface area (TPSA) is 39.9 Å². The molecule has 3 nitrogen and oxygen atoms in total. The molecule has 1 aliphatic heterocycles. The zero-order chi connectivity index (χ0) is 12.8. The van der Waals surface area contributed by atoms with Crippen LogP contribution >= 0.6 is 11.8 Å². The van der Waals surface area contributed by atoms with Crippen molar-refractivity contribution < 1.29 is 0 Å². The van der Waals surface area contributed by atoms with Crippen molar-refractivity contribution >= 4 is 17.6 Å². The first-order valence-electron chi connectivity index (χ1n) is 6.56. The van der Waals surface area contributed by atoms with E-state index in [0.29, 0.717) is 10.8 Å². The highest BCUT2D eigenvalue weighted by molar-refractivity contribution is 7.99. The molecule has 1 aromatic rings. The van der Waals surface area contributed by atoms with Crippen LogP contribution in [0, 0.1) is 11.3 Å². The van der Waals surface area contributed by atoms with E-state index >= 15 is 0 Å². The Morgan fingerprint density at radius 2 is 2.44 bits per heavy atom. The fourth-order valence-corrected chi connectivity index (χ4v) is 3.49. The van der Waals surface area contributed by atoms with Crippen molar-refractivity contribution in [3.05, 3.63) is 23.9 Å². The Kier molecular flexibility index (Phi) is 4.89. The molecule has 0 amide bonds. The van der Waals surface area contributed by atoms with Gasteiger partial charge < -0.3 is 4.90 Å². The first-order valence-corrected chi connectivity index (χ1v) is 7.61. The Morgan fingerprint density at radius 1 is 1.56 bits per heavy atom. The molecule has 0 radical (unpaired) electrons. The molecule has 0 aliphatic carbocycles. The number of rotatable bonds is 3. The van der Waals surface area contributed by atoms with Gasteiger partial charge in [-0.3, -0.25) is 0 Å². The van der Waals surface area contributed by atoms with Crippen LogP contribution in [0.5, 0.6) is 0 Å². The van der Waals surface area contributed by atoms with Gasteiger partial charge in [0.2, 0.25) is 0 Å². The molecule has 1 saturated heterocycles. The highest BCUT2D eigenvalue weighted by Crippen LogP contribution is 2.26. The molecular formula is C14H19N3S. The third kappa shape index (κ3) is 3.17. The van der Waals surface area contributed by atoms with Crippen molar-refractivity contribution in [1.82, 2.24) is 4.98 Å². The van der Waals surface area contributed by atoms with Crippen LogP contribution in [0.2, 0.25) is 0 Å². The van der Waals surface area contributed by atoms with E-state index in [-0.39, 0.29) is 0 Å². The van der Waals surface area contributed by atoms with Crippen LogP contribution in [-0.4, -0.2) is 29.1 Å². The van der Waals surface area contributed by atoms with Gasteiger partial charge in [0.15, 0.2) is 0 Å². The van der Waals surface area contributed by atoms with E-state index in [2.05, 4.69) is 22.9 Å². The van der Waals surface area contributed by atoms with Gasteiger partial charge in [0, 0.05) is 24.5 Å². The maximum absolute atomic E-state index is 9.17. The van der Waals surface area contributed by atoms with Crippen LogP contribution in [0.25, 0.3) is 0 Å². The molecular weight excluding hydrogens is 242 g/mol. The Morgan fingerprint density at radius 3 is 3.22 bits per heavy atom. The van der Waals surface area contributed by atoms with E-state index in [1.807, 2.05) is 23.9 Å². The summed E-state index contributed by atoms with van der Waals surface area (Å²) in [4.78, 5) is 6.69. The van der Waals surface area contributed by atoms with Crippen LogP contribution in [0.1, 0.15) is 31.7 Å². The van der Waals surface area contributed by atoms with E-state index in [1.165, 1.54) is 19.3 Å². The van der Waals surface area contributed by atoms with Gasteiger partial charge >= 0.3 is 0 Å². The summed E-state index contributed by atoms with van der Waals surface area (Å²) in [7, 11) is 0. The minimum atomic E-state index is 0.672. The van der Waals surface area contributed by atoms with Gasteiger partial charge in [0.05, 0.1) is 5.56 Å². The Hall–Kier alpha value is -1.21. The number of hydrogen-bond donors (Lipinski definition) is 0. The summed E-state index contributed by atoms with van der Waals surface area (Å²) in [5, 5.41) is 9.84. The van der Waals surface area contributed by atoms with Gasteiger partial charge in [-0.2, -0.15) is 17.0 Å². The van der Waals surface area contributed by atoms with E-state index in [1.54, 1.807) is 6.20 Å². The van der Waals surface area contributed by atoms with Crippen LogP contribution < -0.4 is 4.90 Å². The first kappa shape index (κ1) is 13.2. The summed E-state index contributed by atoms with van der Waals surface area (Å²) in [5.74, 6) is 2.02. The molecule has 0 N–H and O–H groups in total. The fraction of sp³-hybridized carbons (Fsp3) is 0.571. The largest absolute Gasteiger partial charge is 0.354 e. The van der Waals surface area contributed by atoms with Crippen molar-refractivity contribution in [3.63, 3.8) is 0 Å². The minimum absolute atomic E-state index is 0.672. The lowest BCUT2D eigenvalue weighted by atomic mass is 10.2. The highest BCUT2D eigenvalue weighted by atomic mass is 32.2. The summed E-state index contributed by atoms with van der Waals surface area (Å²) in [6.45, 7) is 4.25. The van der Waals surface area contributed by atoms with E-state index < -0.39 is 0 Å². The van der Waals surface area contributed by atoms with Crippen molar-refractivity contribution in [2.24, 2.45) is 0 Å². The van der Waals surface area contributed by atoms with E-state index in [0.717, 1.165) is 24.7 Å². The fourth-order valence-electron chi connectivity index (χ4n) is 2.40. The Bertz CT molecular complexity index is 427. The number of hydrogen-bond acceptors (Lipinski definition) is 4. The summed E-state index contributed by atoms with van der Waals surface area (Å²) in [6.07, 6.45) is 5.54. The molecule has 1 atom stereocenters. The molecule has 1 aromatic heterocycles. The summed E-state index contributed by atoms with van der Waals surface area (Å²) in [5.41, 5.74) is 0.694. The minimum Gasteiger partial charge on any atom is -0.354 e. The average Bonchev–Trinajstić information content (AvgIpc) is 2.65. The normalized spacial score (nSPS) is 20.2. The number of nitriles is 1. The van der Waals surface area contributed by atoms with Gasteiger partial charge in [-0.05, 0) is 30.7 Å². The molecule has 1 fully saturated rings. The highest BCUT2D eigenvalue weighted by Gasteiger charge is 2.20. The average molecular weight is 261 g/mol. The predicted molar refractivity (Wildman–Crippen MR) is 76.9 cm³/mol.